The van der Waals surface area contributed by atoms with Crippen LogP contribution in [0.1, 0.15) is 18.1 Å². The van der Waals surface area contributed by atoms with E-state index in [0.717, 1.165) is 17.6 Å². The first-order valence-electron chi connectivity index (χ1n) is 4.82. The van der Waals surface area contributed by atoms with Gasteiger partial charge in [0.25, 0.3) is 0 Å². The normalized spacial score (nSPS) is 17.5. The van der Waals surface area contributed by atoms with Gasteiger partial charge in [-0.15, -0.1) is 0 Å². The molecule has 0 spiro atoms. The lowest BCUT2D eigenvalue weighted by Gasteiger charge is -2.19. The second-order valence-corrected chi connectivity index (χ2v) is 4.75. The van der Waals surface area contributed by atoms with Gasteiger partial charge >= 0.3 is 5.97 Å². The van der Waals surface area contributed by atoms with Gasteiger partial charge in [0.05, 0.1) is 0 Å². The topological polar surface area (TPSA) is 40.5 Å². The lowest BCUT2D eigenvalue weighted by atomic mass is 10.1. The van der Waals surface area contributed by atoms with Gasteiger partial charge in [0.15, 0.2) is 0 Å². The first-order valence-corrected chi connectivity index (χ1v) is 5.61. The highest BCUT2D eigenvalue weighted by Gasteiger charge is 2.26. The van der Waals surface area contributed by atoms with Gasteiger partial charge in [0, 0.05) is 17.6 Å². The van der Waals surface area contributed by atoms with Gasteiger partial charge in [-0.1, -0.05) is 22.0 Å². The van der Waals surface area contributed by atoms with E-state index >= 15 is 0 Å². The molecule has 0 aliphatic carbocycles. The van der Waals surface area contributed by atoms with E-state index in [9.17, 15) is 4.79 Å². The minimum Gasteiger partial charge on any atom is -0.480 e. The number of hydrogen-bond donors (Lipinski definition) is 1. The van der Waals surface area contributed by atoms with Crippen molar-refractivity contribution in [3.05, 3.63) is 33.8 Å². The van der Waals surface area contributed by atoms with Gasteiger partial charge in [0.1, 0.15) is 6.04 Å². The van der Waals surface area contributed by atoms with Crippen molar-refractivity contribution in [2.45, 2.75) is 26.1 Å². The standard InChI is InChI=1S/C11H12BrNO2/c1-7(11(14)15)13-5-8-2-3-10(12)4-9(8)6-13/h2-4,7H,5-6H2,1H3,(H,14,15). The molecule has 1 N–H and O–H groups in total. The number of benzene rings is 1. The molecule has 0 fully saturated rings. The fourth-order valence-electron chi connectivity index (χ4n) is 1.82. The van der Waals surface area contributed by atoms with E-state index in [0.29, 0.717) is 0 Å². The van der Waals surface area contributed by atoms with Crippen molar-refractivity contribution >= 4 is 21.9 Å². The second-order valence-electron chi connectivity index (χ2n) is 3.83. The highest BCUT2D eigenvalue weighted by Crippen LogP contribution is 2.27. The summed E-state index contributed by atoms with van der Waals surface area (Å²) in [5, 5.41) is 8.93. The molecule has 0 radical (unpaired) electrons. The average molecular weight is 270 g/mol. The Morgan fingerprint density at radius 2 is 2.13 bits per heavy atom. The Hall–Kier alpha value is -0.870. The third-order valence-electron chi connectivity index (χ3n) is 2.82. The number of nitrogens with zero attached hydrogens (tertiary/aromatic N) is 1. The molecule has 0 bridgehead atoms. The minimum absolute atomic E-state index is 0.420. The summed E-state index contributed by atoms with van der Waals surface area (Å²) < 4.78 is 1.05. The molecule has 1 atom stereocenters. The van der Waals surface area contributed by atoms with Crippen molar-refractivity contribution in [1.82, 2.24) is 4.90 Å². The Morgan fingerprint density at radius 1 is 1.47 bits per heavy atom. The Labute approximate surface area is 96.8 Å². The number of carboxylic acid groups (broad SMARTS) is 1. The average Bonchev–Trinajstić information content (AvgIpc) is 2.58. The van der Waals surface area contributed by atoms with Gasteiger partial charge in [-0.3, -0.25) is 9.69 Å². The molecule has 80 valence electrons. The predicted molar refractivity (Wildman–Crippen MR) is 60.5 cm³/mol. The maximum Gasteiger partial charge on any atom is 0.320 e. The minimum atomic E-state index is -0.762. The molecular weight excluding hydrogens is 258 g/mol. The number of carbonyl (C=O) groups is 1. The summed E-state index contributed by atoms with van der Waals surface area (Å²) in [7, 11) is 0. The fraction of sp³-hybridized carbons (Fsp3) is 0.364. The molecule has 0 amide bonds. The Balaban J connectivity index is 2.19. The molecule has 1 aliphatic heterocycles. The van der Waals surface area contributed by atoms with Gasteiger partial charge < -0.3 is 5.11 Å². The van der Waals surface area contributed by atoms with E-state index in [2.05, 4.69) is 22.0 Å². The first-order chi connectivity index (χ1) is 7.08. The van der Waals surface area contributed by atoms with Crippen molar-refractivity contribution in [2.75, 3.05) is 0 Å². The smallest absolute Gasteiger partial charge is 0.320 e. The van der Waals surface area contributed by atoms with E-state index in [1.165, 1.54) is 11.1 Å². The summed E-state index contributed by atoms with van der Waals surface area (Å²) in [6.45, 7) is 3.18. The van der Waals surface area contributed by atoms with Crippen LogP contribution in [0, 0.1) is 0 Å². The summed E-state index contributed by atoms with van der Waals surface area (Å²) in [6, 6.07) is 5.68. The summed E-state index contributed by atoms with van der Waals surface area (Å²) in [4.78, 5) is 12.8. The second kappa shape index (κ2) is 3.94. The van der Waals surface area contributed by atoms with Crippen molar-refractivity contribution in [3.8, 4) is 0 Å². The summed E-state index contributed by atoms with van der Waals surface area (Å²) in [5.41, 5.74) is 2.45. The van der Waals surface area contributed by atoms with Crippen molar-refractivity contribution < 1.29 is 9.90 Å². The molecule has 1 aliphatic rings. The van der Waals surface area contributed by atoms with Crippen LogP contribution in [0.2, 0.25) is 0 Å². The highest BCUT2D eigenvalue weighted by atomic mass is 79.9. The van der Waals surface area contributed by atoms with Crippen LogP contribution in [0.5, 0.6) is 0 Å². The number of carboxylic acids is 1. The third-order valence-corrected chi connectivity index (χ3v) is 3.31. The van der Waals surface area contributed by atoms with E-state index in [-0.39, 0.29) is 0 Å². The number of rotatable bonds is 2. The Bertz CT molecular complexity index is 406. The zero-order valence-corrected chi connectivity index (χ0v) is 9.99. The highest BCUT2D eigenvalue weighted by molar-refractivity contribution is 9.10. The lowest BCUT2D eigenvalue weighted by Crippen LogP contribution is -2.34. The van der Waals surface area contributed by atoms with Gasteiger partial charge in [-0.2, -0.15) is 0 Å². The van der Waals surface area contributed by atoms with Gasteiger partial charge in [-0.05, 0) is 30.2 Å². The zero-order chi connectivity index (χ0) is 11.0. The molecular formula is C11H12BrNO2. The molecule has 2 rings (SSSR count). The monoisotopic (exact) mass is 269 g/mol. The van der Waals surface area contributed by atoms with Crippen LogP contribution < -0.4 is 0 Å². The number of fused-ring (bicyclic) bond motifs is 1. The largest absolute Gasteiger partial charge is 0.480 e. The molecule has 1 aromatic carbocycles. The van der Waals surface area contributed by atoms with Crippen molar-refractivity contribution in [3.63, 3.8) is 0 Å². The van der Waals surface area contributed by atoms with Crippen molar-refractivity contribution in [1.29, 1.82) is 0 Å². The number of aliphatic carboxylic acids is 1. The molecule has 4 heteroatoms. The SMILES string of the molecule is CC(C(=O)O)N1Cc2ccc(Br)cc2C1. The van der Waals surface area contributed by atoms with Gasteiger partial charge in [0.2, 0.25) is 0 Å². The van der Waals surface area contributed by atoms with Crippen LogP contribution in [0.3, 0.4) is 0 Å². The van der Waals surface area contributed by atoms with Crippen LogP contribution in [0.15, 0.2) is 22.7 Å². The van der Waals surface area contributed by atoms with E-state index in [1.54, 1.807) is 6.92 Å². The Kier molecular flexibility index (Phi) is 2.80. The first kappa shape index (κ1) is 10.6. The lowest BCUT2D eigenvalue weighted by molar-refractivity contribution is -0.142. The molecule has 0 saturated heterocycles. The van der Waals surface area contributed by atoms with Crippen LogP contribution in [-0.2, 0) is 17.9 Å². The Morgan fingerprint density at radius 3 is 2.80 bits per heavy atom. The zero-order valence-electron chi connectivity index (χ0n) is 8.40. The van der Waals surface area contributed by atoms with E-state index in [1.807, 2.05) is 17.0 Å². The predicted octanol–water partition coefficient (Wildman–Crippen LogP) is 2.24. The van der Waals surface area contributed by atoms with Crippen LogP contribution >= 0.6 is 15.9 Å². The van der Waals surface area contributed by atoms with Crippen LogP contribution in [0.4, 0.5) is 0 Å². The van der Waals surface area contributed by atoms with E-state index in [4.69, 9.17) is 5.11 Å². The van der Waals surface area contributed by atoms with Crippen LogP contribution in [-0.4, -0.2) is 22.0 Å². The number of hydrogen-bond acceptors (Lipinski definition) is 2. The fourth-order valence-corrected chi connectivity index (χ4v) is 2.23. The molecule has 15 heavy (non-hydrogen) atoms. The summed E-state index contributed by atoms with van der Waals surface area (Å²) in [6.07, 6.45) is 0. The maximum absolute atomic E-state index is 10.9. The number of halogens is 1. The summed E-state index contributed by atoms with van der Waals surface area (Å²) >= 11 is 3.42. The molecule has 1 unspecified atom stereocenters. The van der Waals surface area contributed by atoms with E-state index < -0.39 is 12.0 Å². The van der Waals surface area contributed by atoms with Gasteiger partial charge in [-0.25, -0.2) is 0 Å². The molecule has 1 aromatic rings. The maximum atomic E-state index is 10.9. The quantitative estimate of drug-likeness (QED) is 0.895. The molecule has 1 heterocycles. The van der Waals surface area contributed by atoms with Crippen LogP contribution in [0.25, 0.3) is 0 Å². The molecule has 0 aromatic heterocycles. The third kappa shape index (κ3) is 2.06. The molecule has 3 nitrogen and oxygen atoms in total. The summed E-state index contributed by atoms with van der Waals surface area (Å²) in [5.74, 6) is -0.762. The molecule has 0 saturated carbocycles. The van der Waals surface area contributed by atoms with Crippen molar-refractivity contribution in [2.24, 2.45) is 0 Å².